The van der Waals surface area contributed by atoms with Crippen molar-refractivity contribution in [3.8, 4) is 0 Å². The highest BCUT2D eigenvalue weighted by Crippen LogP contribution is 2.24. The van der Waals surface area contributed by atoms with E-state index in [2.05, 4.69) is 34.4 Å². The summed E-state index contributed by atoms with van der Waals surface area (Å²) in [5.41, 5.74) is 3.02. The molecule has 0 aliphatic rings. The molecule has 0 saturated heterocycles. The molecule has 0 radical (unpaired) electrons. The van der Waals surface area contributed by atoms with E-state index < -0.39 is 0 Å². The van der Waals surface area contributed by atoms with Crippen LogP contribution in [-0.2, 0) is 4.74 Å². The van der Waals surface area contributed by atoms with Crippen LogP contribution >= 0.6 is 12.2 Å². The second-order valence-corrected chi connectivity index (χ2v) is 5.34. The highest BCUT2D eigenvalue weighted by Gasteiger charge is 2.19. The van der Waals surface area contributed by atoms with E-state index >= 15 is 0 Å². The van der Waals surface area contributed by atoms with Crippen LogP contribution in [-0.4, -0.2) is 28.3 Å². The number of rotatable bonds is 4. The number of H-pyrrole nitrogens is 1. The Balaban J connectivity index is 2.61. The van der Waals surface area contributed by atoms with Gasteiger partial charge in [0, 0.05) is 13.3 Å². The van der Waals surface area contributed by atoms with Crippen LogP contribution in [0.5, 0.6) is 0 Å². The van der Waals surface area contributed by atoms with E-state index in [1.165, 1.54) is 0 Å². The predicted octanol–water partition coefficient (Wildman–Crippen LogP) is 3.25. The quantitative estimate of drug-likeness (QED) is 0.863. The molecule has 2 rings (SSSR count). The Hall–Kier alpha value is -1.20. The molecule has 18 heavy (non-hydrogen) atoms. The first kappa shape index (κ1) is 13.2. The smallest absolute Gasteiger partial charge is 0.179 e. The minimum Gasteiger partial charge on any atom is -0.383 e. The first-order chi connectivity index (χ1) is 8.54. The predicted molar refractivity (Wildman–Crippen MR) is 75.4 cm³/mol. The minimum absolute atomic E-state index is 0.200. The summed E-state index contributed by atoms with van der Waals surface area (Å²) in [6.45, 7) is 6.99. The molecule has 1 N–H and O–H groups in total. The van der Waals surface area contributed by atoms with Crippen LogP contribution in [0, 0.1) is 17.6 Å². The number of methoxy groups -OCH3 is 1. The number of hydrogen-bond acceptors (Lipinski definition) is 3. The average molecular weight is 265 g/mol. The SMILES string of the molecule is COCC(C(C)C)n1c(=S)[nH]c2cc(C)cnc21. The molecule has 4 nitrogen and oxygen atoms in total. The largest absolute Gasteiger partial charge is 0.383 e. The zero-order valence-electron chi connectivity index (χ0n) is 11.2. The van der Waals surface area contributed by atoms with Gasteiger partial charge >= 0.3 is 0 Å². The number of nitrogens with zero attached hydrogens (tertiary/aromatic N) is 2. The number of hydrogen-bond donors (Lipinski definition) is 1. The van der Waals surface area contributed by atoms with Gasteiger partial charge in [0.25, 0.3) is 0 Å². The zero-order chi connectivity index (χ0) is 13.3. The van der Waals surface area contributed by atoms with Crippen LogP contribution in [0.3, 0.4) is 0 Å². The van der Waals surface area contributed by atoms with Gasteiger partial charge in [-0.05, 0) is 36.7 Å². The lowest BCUT2D eigenvalue weighted by Crippen LogP contribution is -2.20. The van der Waals surface area contributed by atoms with E-state index in [0.29, 0.717) is 17.3 Å². The fourth-order valence-electron chi connectivity index (χ4n) is 2.16. The van der Waals surface area contributed by atoms with Gasteiger partial charge in [0.05, 0.1) is 18.2 Å². The molecule has 0 bridgehead atoms. The van der Waals surface area contributed by atoms with Crippen molar-refractivity contribution in [2.75, 3.05) is 13.7 Å². The summed E-state index contributed by atoms with van der Waals surface area (Å²) in [4.78, 5) is 7.72. The second-order valence-electron chi connectivity index (χ2n) is 4.95. The maximum absolute atomic E-state index is 5.42. The van der Waals surface area contributed by atoms with E-state index in [-0.39, 0.29) is 6.04 Å². The van der Waals surface area contributed by atoms with Crippen molar-refractivity contribution >= 4 is 23.4 Å². The third-order valence-electron chi connectivity index (χ3n) is 3.13. The maximum Gasteiger partial charge on any atom is 0.179 e. The van der Waals surface area contributed by atoms with Gasteiger partial charge < -0.3 is 9.72 Å². The van der Waals surface area contributed by atoms with Gasteiger partial charge in [-0.3, -0.25) is 4.57 Å². The number of nitrogens with one attached hydrogen (secondary N) is 1. The molecule has 0 aromatic carbocycles. The Morgan fingerprint density at radius 2 is 2.22 bits per heavy atom. The third kappa shape index (κ3) is 2.33. The maximum atomic E-state index is 5.42. The molecule has 2 aromatic heterocycles. The van der Waals surface area contributed by atoms with Crippen molar-refractivity contribution < 1.29 is 4.74 Å². The summed E-state index contributed by atoms with van der Waals surface area (Å²) < 4.78 is 8.08. The van der Waals surface area contributed by atoms with Gasteiger partial charge in [0.1, 0.15) is 0 Å². The van der Waals surface area contributed by atoms with E-state index in [4.69, 9.17) is 17.0 Å². The second kappa shape index (κ2) is 5.20. The standard InChI is InChI=1S/C13H19N3OS/c1-8(2)11(7-17-4)16-12-10(15-13(16)18)5-9(3)6-14-12/h5-6,8,11H,7H2,1-4H3,(H,15,18). The number of imidazole rings is 1. The number of aromatic nitrogens is 3. The molecule has 0 aliphatic heterocycles. The lowest BCUT2D eigenvalue weighted by Gasteiger charge is -2.21. The van der Waals surface area contributed by atoms with Crippen molar-refractivity contribution in [1.82, 2.24) is 14.5 Å². The monoisotopic (exact) mass is 265 g/mol. The normalized spacial score (nSPS) is 13.4. The van der Waals surface area contributed by atoms with Crippen molar-refractivity contribution in [1.29, 1.82) is 0 Å². The Bertz CT molecular complexity index is 600. The number of pyridine rings is 1. The van der Waals surface area contributed by atoms with Gasteiger partial charge in [0.2, 0.25) is 0 Å². The van der Waals surface area contributed by atoms with Gasteiger partial charge in [-0.25, -0.2) is 4.98 Å². The van der Waals surface area contributed by atoms with Crippen molar-refractivity contribution in [3.05, 3.63) is 22.6 Å². The topological polar surface area (TPSA) is 42.8 Å². The Morgan fingerprint density at radius 1 is 1.50 bits per heavy atom. The van der Waals surface area contributed by atoms with Crippen LogP contribution < -0.4 is 0 Å². The molecule has 98 valence electrons. The fourth-order valence-corrected chi connectivity index (χ4v) is 2.49. The Morgan fingerprint density at radius 3 is 2.83 bits per heavy atom. The van der Waals surface area contributed by atoms with Crippen LogP contribution in [0.15, 0.2) is 12.3 Å². The molecular formula is C13H19N3OS. The van der Waals surface area contributed by atoms with Crippen molar-refractivity contribution in [2.24, 2.45) is 5.92 Å². The van der Waals surface area contributed by atoms with Crippen LogP contribution in [0.2, 0.25) is 0 Å². The fraction of sp³-hybridized carbons (Fsp3) is 0.538. The highest BCUT2D eigenvalue weighted by atomic mass is 32.1. The minimum atomic E-state index is 0.200. The lowest BCUT2D eigenvalue weighted by atomic mass is 10.1. The molecule has 0 spiro atoms. The molecule has 0 aliphatic carbocycles. The highest BCUT2D eigenvalue weighted by molar-refractivity contribution is 7.71. The number of aryl methyl sites for hydroxylation is 1. The molecule has 0 fully saturated rings. The van der Waals surface area contributed by atoms with Gasteiger partial charge in [-0.1, -0.05) is 13.8 Å². The number of fused-ring (bicyclic) bond motifs is 1. The molecule has 2 aromatic rings. The molecule has 2 heterocycles. The van der Waals surface area contributed by atoms with Crippen molar-refractivity contribution in [3.63, 3.8) is 0 Å². The summed E-state index contributed by atoms with van der Waals surface area (Å²) >= 11 is 5.42. The number of ether oxygens (including phenoxy) is 1. The van der Waals surface area contributed by atoms with E-state index in [1.807, 2.05) is 13.1 Å². The summed E-state index contributed by atoms with van der Waals surface area (Å²) in [5, 5.41) is 0. The zero-order valence-corrected chi connectivity index (χ0v) is 12.0. The Kier molecular flexibility index (Phi) is 3.82. The first-order valence-electron chi connectivity index (χ1n) is 6.10. The molecule has 1 atom stereocenters. The third-order valence-corrected chi connectivity index (χ3v) is 3.43. The van der Waals surface area contributed by atoms with Crippen molar-refractivity contribution in [2.45, 2.75) is 26.8 Å². The lowest BCUT2D eigenvalue weighted by molar-refractivity contribution is 0.134. The molecule has 0 saturated carbocycles. The van der Waals surface area contributed by atoms with Crippen LogP contribution in [0.4, 0.5) is 0 Å². The average Bonchev–Trinajstić information content (AvgIpc) is 2.61. The van der Waals surface area contributed by atoms with Gasteiger partial charge in [-0.2, -0.15) is 0 Å². The van der Waals surface area contributed by atoms with E-state index in [9.17, 15) is 0 Å². The summed E-state index contributed by atoms with van der Waals surface area (Å²) in [6.07, 6.45) is 1.87. The van der Waals surface area contributed by atoms with Crippen LogP contribution in [0.1, 0.15) is 25.5 Å². The summed E-state index contributed by atoms with van der Waals surface area (Å²) in [6, 6.07) is 2.27. The Labute approximate surface area is 112 Å². The van der Waals surface area contributed by atoms with E-state index in [1.54, 1.807) is 7.11 Å². The molecule has 5 heteroatoms. The van der Waals surface area contributed by atoms with E-state index in [0.717, 1.165) is 16.7 Å². The first-order valence-corrected chi connectivity index (χ1v) is 6.51. The van der Waals surface area contributed by atoms with Gasteiger partial charge in [0.15, 0.2) is 10.4 Å². The van der Waals surface area contributed by atoms with Gasteiger partial charge in [-0.15, -0.1) is 0 Å². The number of aromatic amines is 1. The van der Waals surface area contributed by atoms with Crippen LogP contribution in [0.25, 0.3) is 11.2 Å². The molecular weight excluding hydrogens is 246 g/mol. The summed E-state index contributed by atoms with van der Waals surface area (Å²) in [7, 11) is 1.71. The molecule has 0 amide bonds. The summed E-state index contributed by atoms with van der Waals surface area (Å²) in [5.74, 6) is 0.429. The molecule has 1 unspecified atom stereocenters.